The van der Waals surface area contributed by atoms with Crippen molar-refractivity contribution in [1.29, 1.82) is 0 Å². The molecule has 1 aromatic heterocycles. The standard InChI is InChI=1S/C8H11NO5S2/c1-5(3-10)9-16(13,14)6-2-7(8(11)12)15-4-6/h2,4-5,9-10H,3H2,1H3,(H,11,12)/t5-/m1/s1. The smallest absolute Gasteiger partial charge is 0.345 e. The van der Waals surface area contributed by atoms with Gasteiger partial charge in [-0.1, -0.05) is 0 Å². The number of rotatable bonds is 5. The molecule has 0 bridgehead atoms. The first kappa shape index (κ1) is 13.1. The number of sulfonamides is 1. The Morgan fingerprint density at radius 2 is 2.25 bits per heavy atom. The lowest BCUT2D eigenvalue weighted by Gasteiger charge is -2.09. The van der Waals surface area contributed by atoms with Gasteiger partial charge in [-0.3, -0.25) is 0 Å². The molecule has 0 fully saturated rings. The Hall–Kier alpha value is -0.960. The van der Waals surface area contributed by atoms with Crippen molar-refractivity contribution in [2.24, 2.45) is 0 Å². The molecule has 0 aliphatic rings. The Balaban J connectivity index is 2.94. The zero-order valence-corrected chi connectivity index (χ0v) is 10.0. The van der Waals surface area contributed by atoms with Crippen LogP contribution in [0.3, 0.4) is 0 Å². The quantitative estimate of drug-likeness (QED) is 0.700. The average molecular weight is 265 g/mol. The zero-order chi connectivity index (χ0) is 12.3. The molecule has 0 radical (unpaired) electrons. The highest BCUT2D eigenvalue weighted by Crippen LogP contribution is 2.19. The first-order valence-corrected chi connectivity index (χ1v) is 6.68. The summed E-state index contributed by atoms with van der Waals surface area (Å²) in [6.07, 6.45) is 0. The predicted octanol–water partition coefficient (Wildman–Crippen LogP) is 0.105. The molecule has 3 N–H and O–H groups in total. The second kappa shape index (κ2) is 4.91. The van der Waals surface area contributed by atoms with Crippen LogP contribution in [0.2, 0.25) is 0 Å². The topological polar surface area (TPSA) is 104 Å². The lowest BCUT2D eigenvalue weighted by Crippen LogP contribution is -2.34. The summed E-state index contributed by atoms with van der Waals surface area (Å²) in [5.74, 6) is -1.17. The highest BCUT2D eigenvalue weighted by atomic mass is 32.2. The van der Waals surface area contributed by atoms with Crippen LogP contribution in [-0.2, 0) is 10.0 Å². The van der Waals surface area contributed by atoms with E-state index in [1.807, 2.05) is 0 Å². The Morgan fingerprint density at radius 1 is 1.62 bits per heavy atom. The van der Waals surface area contributed by atoms with Crippen LogP contribution in [-0.4, -0.2) is 37.2 Å². The maximum absolute atomic E-state index is 11.6. The molecule has 0 amide bonds. The second-order valence-corrected chi connectivity index (χ2v) is 5.78. The van der Waals surface area contributed by atoms with Gasteiger partial charge in [-0.25, -0.2) is 17.9 Å². The van der Waals surface area contributed by atoms with Crippen molar-refractivity contribution in [2.45, 2.75) is 17.9 Å². The molecule has 8 heteroatoms. The van der Waals surface area contributed by atoms with E-state index in [4.69, 9.17) is 10.2 Å². The highest BCUT2D eigenvalue weighted by molar-refractivity contribution is 7.89. The van der Waals surface area contributed by atoms with Crippen LogP contribution < -0.4 is 4.72 Å². The largest absolute Gasteiger partial charge is 0.477 e. The number of carboxylic acids is 1. The summed E-state index contributed by atoms with van der Waals surface area (Å²) in [5.41, 5.74) is 0. The van der Waals surface area contributed by atoms with Crippen molar-refractivity contribution in [3.8, 4) is 0 Å². The van der Waals surface area contributed by atoms with E-state index < -0.39 is 22.0 Å². The number of nitrogens with one attached hydrogen (secondary N) is 1. The first-order valence-electron chi connectivity index (χ1n) is 4.32. The van der Waals surface area contributed by atoms with E-state index in [-0.39, 0.29) is 16.4 Å². The minimum Gasteiger partial charge on any atom is -0.477 e. The van der Waals surface area contributed by atoms with Gasteiger partial charge in [-0.05, 0) is 13.0 Å². The normalized spacial score (nSPS) is 13.6. The molecule has 1 atom stereocenters. The minimum absolute atomic E-state index is 0.0444. The van der Waals surface area contributed by atoms with E-state index >= 15 is 0 Å². The third-order valence-electron chi connectivity index (χ3n) is 1.73. The fraction of sp³-hybridized carbons (Fsp3) is 0.375. The molecule has 90 valence electrons. The Kier molecular flexibility index (Phi) is 4.03. The predicted molar refractivity (Wildman–Crippen MR) is 58.1 cm³/mol. The van der Waals surface area contributed by atoms with Crippen LogP contribution in [0.4, 0.5) is 0 Å². The van der Waals surface area contributed by atoms with Crippen LogP contribution in [0.25, 0.3) is 0 Å². The van der Waals surface area contributed by atoms with Crippen molar-refractivity contribution in [1.82, 2.24) is 4.72 Å². The number of aliphatic hydroxyl groups is 1. The lowest BCUT2D eigenvalue weighted by molar-refractivity contribution is 0.0702. The van der Waals surface area contributed by atoms with Crippen molar-refractivity contribution in [3.05, 3.63) is 16.3 Å². The fourth-order valence-corrected chi connectivity index (χ4v) is 3.29. The van der Waals surface area contributed by atoms with Gasteiger partial charge in [-0.15, -0.1) is 11.3 Å². The molecule has 0 saturated heterocycles. The zero-order valence-electron chi connectivity index (χ0n) is 8.37. The number of aliphatic hydroxyl groups excluding tert-OH is 1. The van der Waals surface area contributed by atoms with Gasteiger partial charge in [0.1, 0.15) is 4.88 Å². The number of thiophene rings is 1. The van der Waals surface area contributed by atoms with Crippen molar-refractivity contribution in [2.75, 3.05) is 6.61 Å². The van der Waals surface area contributed by atoms with E-state index in [0.29, 0.717) is 0 Å². The molecule has 0 spiro atoms. The van der Waals surface area contributed by atoms with Crippen molar-refractivity contribution in [3.63, 3.8) is 0 Å². The molecule has 1 heterocycles. The number of hydrogen-bond acceptors (Lipinski definition) is 5. The Bertz CT molecular complexity index is 478. The van der Waals surface area contributed by atoms with Gasteiger partial charge in [-0.2, -0.15) is 0 Å². The summed E-state index contributed by atoms with van der Waals surface area (Å²) in [6, 6.07) is 0.470. The maximum atomic E-state index is 11.6. The number of aromatic carboxylic acids is 1. The summed E-state index contributed by atoms with van der Waals surface area (Å²) in [4.78, 5) is 10.4. The molecule has 16 heavy (non-hydrogen) atoms. The van der Waals surface area contributed by atoms with Gasteiger partial charge in [0.2, 0.25) is 10.0 Å². The van der Waals surface area contributed by atoms with Gasteiger partial charge in [0.25, 0.3) is 0 Å². The van der Waals surface area contributed by atoms with Gasteiger partial charge < -0.3 is 10.2 Å². The van der Waals surface area contributed by atoms with E-state index in [0.717, 1.165) is 17.4 Å². The van der Waals surface area contributed by atoms with Gasteiger partial charge in [0.15, 0.2) is 0 Å². The van der Waals surface area contributed by atoms with E-state index in [9.17, 15) is 13.2 Å². The average Bonchev–Trinajstić information content (AvgIpc) is 2.66. The second-order valence-electron chi connectivity index (χ2n) is 3.16. The molecule has 0 aromatic carbocycles. The van der Waals surface area contributed by atoms with Crippen molar-refractivity contribution < 1.29 is 23.4 Å². The highest BCUT2D eigenvalue weighted by Gasteiger charge is 2.20. The van der Waals surface area contributed by atoms with Crippen LogP contribution in [0.1, 0.15) is 16.6 Å². The van der Waals surface area contributed by atoms with Gasteiger partial charge in [0, 0.05) is 11.4 Å². The van der Waals surface area contributed by atoms with E-state index in [2.05, 4.69) is 4.72 Å². The molecular formula is C8H11NO5S2. The maximum Gasteiger partial charge on any atom is 0.345 e. The van der Waals surface area contributed by atoms with Crippen LogP contribution in [0.5, 0.6) is 0 Å². The summed E-state index contributed by atoms with van der Waals surface area (Å²) >= 11 is 0.838. The van der Waals surface area contributed by atoms with Gasteiger partial charge >= 0.3 is 5.97 Å². The molecule has 0 aliphatic heterocycles. The van der Waals surface area contributed by atoms with Crippen LogP contribution in [0.15, 0.2) is 16.3 Å². The monoisotopic (exact) mass is 265 g/mol. The Labute approximate surface area is 96.6 Å². The molecule has 0 saturated carbocycles. The van der Waals surface area contributed by atoms with Crippen LogP contribution in [0, 0.1) is 0 Å². The number of hydrogen-bond donors (Lipinski definition) is 3. The number of carboxylic acid groups (broad SMARTS) is 1. The third kappa shape index (κ3) is 3.01. The summed E-state index contributed by atoms with van der Waals surface area (Å²) < 4.78 is 25.5. The molecule has 0 aliphatic carbocycles. The molecular weight excluding hydrogens is 254 g/mol. The summed E-state index contributed by atoms with van der Waals surface area (Å²) in [5, 5.41) is 18.6. The van der Waals surface area contributed by atoms with Crippen molar-refractivity contribution >= 4 is 27.3 Å². The minimum atomic E-state index is -3.75. The molecule has 0 unspecified atom stereocenters. The summed E-state index contributed by atoms with van der Waals surface area (Å²) in [7, 11) is -3.75. The fourth-order valence-electron chi connectivity index (χ4n) is 0.942. The SMILES string of the molecule is C[C@H](CO)NS(=O)(=O)c1csc(C(=O)O)c1. The van der Waals surface area contributed by atoms with E-state index in [1.165, 1.54) is 12.3 Å². The number of carbonyl (C=O) groups is 1. The lowest BCUT2D eigenvalue weighted by atomic mass is 10.4. The van der Waals surface area contributed by atoms with Crippen LogP contribution >= 0.6 is 11.3 Å². The van der Waals surface area contributed by atoms with E-state index in [1.54, 1.807) is 0 Å². The summed E-state index contributed by atoms with van der Waals surface area (Å²) in [6.45, 7) is 1.18. The molecule has 6 nitrogen and oxygen atoms in total. The first-order chi connectivity index (χ1) is 7.36. The third-order valence-corrected chi connectivity index (χ3v) is 4.36. The van der Waals surface area contributed by atoms with Gasteiger partial charge in [0.05, 0.1) is 11.5 Å². The Morgan fingerprint density at radius 3 is 2.69 bits per heavy atom. The molecule has 1 rings (SSSR count). The molecule has 1 aromatic rings.